The van der Waals surface area contributed by atoms with Crippen LogP contribution in [0.2, 0.25) is 0 Å². The lowest BCUT2D eigenvalue weighted by Gasteiger charge is -2.12. The lowest BCUT2D eigenvalue weighted by Crippen LogP contribution is -2.12. The van der Waals surface area contributed by atoms with Gasteiger partial charge < -0.3 is 15.0 Å². The van der Waals surface area contributed by atoms with Gasteiger partial charge in [0.1, 0.15) is 17.4 Å². The van der Waals surface area contributed by atoms with Crippen LogP contribution in [0.25, 0.3) is 10.9 Å². The number of aromatic amines is 1. The average molecular weight is 376 g/mol. The number of rotatable bonds is 5. The van der Waals surface area contributed by atoms with Gasteiger partial charge in [-0.1, -0.05) is 22.0 Å². The maximum atomic E-state index is 12.2. The van der Waals surface area contributed by atoms with E-state index in [1.807, 2.05) is 13.0 Å². The van der Waals surface area contributed by atoms with E-state index in [1.165, 1.54) is 18.3 Å². The van der Waals surface area contributed by atoms with Gasteiger partial charge in [-0.05, 0) is 13.0 Å². The Bertz CT molecular complexity index is 865. The highest BCUT2D eigenvalue weighted by molar-refractivity contribution is 9.09. The molecule has 0 aliphatic heterocycles. The Balaban J connectivity index is 2.56. The molecule has 1 amide bonds. The molecule has 1 aromatic carbocycles. The smallest absolute Gasteiger partial charge is 0.248 e. The maximum Gasteiger partial charge on any atom is 0.248 e. The summed E-state index contributed by atoms with van der Waals surface area (Å²) in [4.78, 5) is 27.0. The number of benzene rings is 1. The SMILES string of the molecule is CCOc1cc2[nH]cc(C#N)c(=O)c2cc1NC(=O)/C=C/CBr. The molecule has 7 heteroatoms. The summed E-state index contributed by atoms with van der Waals surface area (Å²) < 4.78 is 5.51. The molecule has 0 radical (unpaired) electrons. The third-order valence-electron chi connectivity index (χ3n) is 3.02. The van der Waals surface area contributed by atoms with Crippen molar-refractivity contribution in [2.24, 2.45) is 0 Å². The van der Waals surface area contributed by atoms with Crippen LogP contribution in [0.15, 0.2) is 35.3 Å². The van der Waals surface area contributed by atoms with Crippen LogP contribution in [-0.2, 0) is 4.79 Å². The van der Waals surface area contributed by atoms with Crippen molar-refractivity contribution < 1.29 is 9.53 Å². The molecular formula is C16H14BrN3O3. The summed E-state index contributed by atoms with van der Waals surface area (Å²) in [7, 11) is 0. The van der Waals surface area contributed by atoms with Gasteiger partial charge in [-0.3, -0.25) is 9.59 Å². The van der Waals surface area contributed by atoms with Gasteiger partial charge in [-0.25, -0.2) is 0 Å². The maximum absolute atomic E-state index is 12.2. The number of nitrogens with one attached hydrogen (secondary N) is 2. The largest absolute Gasteiger partial charge is 0.492 e. The molecule has 0 saturated carbocycles. The van der Waals surface area contributed by atoms with Gasteiger partial charge in [-0.15, -0.1) is 0 Å². The standard InChI is InChI=1S/C16H14BrN3O3/c1-2-23-14-7-12-11(16(22)10(8-18)9-19-12)6-13(14)20-15(21)4-3-5-17/h3-4,6-7,9H,2,5H2,1H3,(H,19,22)(H,20,21)/b4-3+. The van der Waals surface area contributed by atoms with E-state index in [-0.39, 0.29) is 11.5 Å². The number of carbonyl (C=O) groups excluding carboxylic acids is 1. The average Bonchev–Trinajstić information content (AvgIpc) is 2.54. The first-order valence-electron chi connectivity index (χ1n) is 6.86. The molecule has 118 valence electrons. The lowest BCUT2D eigenvalue weighted by molar-refractivity contribution is -0.111. The van der Waals surface area contributed by atoms with E-state index in [0.717, 1.165) is 0 Å². The number of aromatic nitrogens is 1. The Morgan fingerprint density at radius 2 is 2.30 bits per heavy atom. The van der Waals surface area contributed by atoms with Crippen LogP contribution in [0.3, 0.4) is 0 Å². The van der Waals surface area contributed by atoms with Crippen LogP contribution in [0.5, 0.6) is 5.75 Å². The molecule has 0 bridgehead atoms. The van der Waals surface area contributed by atoms with Crippen LogP contribution in [-0.4, -0.2) is 22.8 Å². The molecule has 0 aliphatic carbocycles. The quantitative estimate of drug-likeness (QED) is 0.620. The van der Waals surface area contributed by atoms with Gasteiger partial charge >= 0.3 is 0 Å². The van der Waals surface area contributed by atoms with Crippen molar-refractivity contribution in [3.8, 4) is 11.8 Å². The van der Waals surface area contributed by atoms with Crippen molar-refractivity contribution in [1.82, 2.24) is 4.98 Å². The predicted molar refractivity (Wildman–Crippen MR) is 92.0 cm³/mol. The van der Waals surface area contributed by atoms with Crippen molar-refractivity contribution in [2.45, 2.75) is 6.92 Å². The third kappa shape index (κ3) is 3.79. The summed E-state index contributed by atoms with van der Waals surface area (Å²) in [6, 6.07) is 4.98. The Morgan fingerprint density at radius 1 is 1.52 bits per heavy atom. The van der Waals surface area contributed by atoms with E-state index in [1.54, 1.807) is 12.1 Å². The Morgan fingerprint density at radius 3 is 2.96 bits per heavy atom. The fourth-order valence-corrected chi connectivity index (χ4v) is 2.22. The molecule has 0 aliphatic rings. The summed E-state index contributed by atoms with van der Waals surface area (Å²) in [6.07, 6.45) is 4.39. The van der Waals surface area contributed by atoms with Crippen LogP contribution < -0.4 is 15.5 Å². The number of nitrogens with zero attached hydrogens (tertiary/aromatic N) is 1. The zero-order valence-electron chi connectivity index (χ0n) is 12.4. The number of anilines is 1. The van der Waals surface area contributed by atoms with Crippen molar-refractivity contribution in [3.05, 3.63) is 46.3 Å². The predicted octanol–water partition coefficient (Wildman–Crippen LogP) is 2.69. The summed E-state index contributed by atoms with van der Waals surface area (Å²) in [5.41, 5.74) is 0.532. The van der Waals surface area contributed by atoms with Gasteiger partial charge in [-0.2, -0.15) is 5.26 Å². The summed E-state index contributed by atoms with van der Waals surface area (Å²) in [5, 5.41) is 12.5. The number of hydrogen-bond acceptors (Lipinski definition) is 4. The third-order valence-corrected chi connectivity index (χ3v) is 3.39. The topological polar surface area (TPSA) is 95.0 Å². The molecule has 0 spiro atoms. The highest BCUT2D eigenvalue weighted by Gasteiger charge is 2.12. The van der Waals surface area contributed by atoms with Gasteiger partial charge in [0, 0.05) is 29.1 Å². The number of halogens is 1. The van der Waals surface area contributed by atoms with Gasteiger partial charge in [0.2, 0.25) is 11.3 Å². The molecule has 0 atom stereocenters. The van der Waals surface area contributed by atoms with Crippen molar-refractivity contribution in [3.63, 3.8) is 0 Å². The van der Waals surface area contributed by atoms with E-state index < -0.39 is 5.43 Å². The normalized spacial score (nSPS) is 10.7. The highest BCUT2D eigenvalue weighted by atomic mass is 79.9. The minimum Gasteiger partial charge on any atom is -0.492 e. The Kier molecular flexibility index (Phi) is 5.55. The number of allylic oxidation sites excluding steroid dienone is 1. The molecule has 0 saturated heterocycles. The number of fused-ring (bicyclic) bond motifs is 1. The van der Waals surface area contributed by atoms with Crippen molar-refractivity contribution >= 4 is 38.4 Å². The van der Waals surface area contributed by atoms with E-state index in [4.69, 9.17) is 10.00 Å². The summed E-state index contributed by atoms with van der Waals surface area (Å²) in [5.74, 6) is 0.110. The minimum atomic E-state index is -0.393. The van der Waals surface area contributed by atoms with Gasteiger partial charge in [0.05, 0.1) is 17.8 Å². The number of nitriles is 1. The van der Waals surface area contributed by atoms with E-state index >= 15 is 0 Å². The summed E-state index contributed by atoms with van der Waals surface area (Å²) in [6.45, 7) is 2.23. The second kappa shape index (κ2) is 7.61. The lowest BCUT2D eigenvalue weighted by atomic mass is 10.1. The number of carbonyl (C=O) groups is 1. The number of pyridine rings is 1. The zero-order valence-corrected chi connectivity index (χ0v) is 13.9. The molecule has 23 heavy (non-hydrogen) atoms. The fourth-order valence-electron chi connectivity index (χ4n) is 2.03. The van der Waals surface area contributed by atoms with Gasteiger partial charge in [0.25, 0.3) is 0 Å². The zero-order chi connectivity index (χ0) is 16.8. The first-order valence-corrected chi connectivity index (χ1v) is 7.98. The number of alkyl halides is 1. The number of amides is 1. The van der Waals surface area contributed by atoms with Crippen molar-refractivity contribution in [2.75, 3.05) is 17.3 Å². The highest BCUT2D eigenvalue weighted by Crippen LogP contribution is 2.28. The van der Waals surface area contributed by atoms with Gasteiger partial charge in [0.15, 0.2) is 0 Å². The first kappa shape index (κ1) is 16.8. The Hall–Kier alpha value is -2.59. The van der Waals surface area contributed by atoms with Crippen molar-refractivity contribution in [1.29, 1.82) is 5.26 Å². The second-order valence-corrected chi connectivity index (χ2v) is 5.16. The van der Waals surface area contributed by atoms with E-state index in [0.29, 0.717) is 34.3 Å². The van der Waals surface area contributed by atoms with Crippen LogP contribution in [0, 0.1) is 11.3 Å². The molecule has 2 aromatic rings. The molecule has 6 nitrogen and oxygen atoms in total. The van der Waals surface area contributed by atoms with Crippen LogP contribution >= 0.6 is 15.9 Å². The molecular weight excluding hydrogens is 362 g/mol. The minimum absolute atomic E-state index is 0.0121. The van der Waals surface area contributed by atoms with E-state index in [9.17, 15) is 9.59 Å². The molecule has 2 N–H and O–H groups in total. The fraction of sp³-hybridized carbons (Fsp3) is 0.188. The molecule has 2 rings (SSSR count). The van der Waals surface area contributed by atoms with E-state index in [2.05, 4.69) is 26.2 Å². The second-order valence-electron chi connectivity index (χ2n) is 4.52. The number of ether oxygens (including phenoxy) is 1. The first-order chi connectivity index (χ1) is 11.1. The number of hydrogen-bond donors (Lipinski definition) is 2. The van der Waals surface area contributed by atoms with Crippen LogP contribution in [0.1, 0.15) is 12.5 Å². The number of H-pyrrole nitrogens is 1. The monoisotopic (exact) mass is 375 g/mol. The molecule has 0 unspecified atom stereocenters. The summed E-state index contributed by atoms with van der Waals surface area (Å²) >= 11 is 3.19. The molecule has 1 aromatic heterocycles. The molecule has 1 heterocycles. The molecule has 0 fully saturated rings. The van der Waals surface area contributed by atoms with Crippen LogP contribution in [0.4, 0.5) is 5.69 Å². The Labute approximate surface area is 140 Å².